The second kappa shape index (κ2) is 6.04. The summed E-state index contributed by atoms with van der Waals surface area (Å²) in [4.78, 5) is 13.8. The highest BCUT2D eigenvalue weighted by Gasteiger charge is 2.15. The van der Waals surface area contributed by atoms with Crippen molar-refractivity contribution in [2.45, 2.75) is 6.92 Å². The smallest absolute Gasteiger partial charge is 0.265 e. The first-order valence-corrected chi connectivity index (χ1v) is 6.53. The topological polar surface area (TPSA) is 68.5 Å². The zero-order chi connectivity index (χ0) is 12.1. The molecule has 1 fully saturated rings. The minimum absolute atomic E-state index is 0.0647. The third-order valence-corrected chi connectivity index (χ3v) is 3.65. The first kappa shape index (κ1) is 12.4. The van der Waals surface area contributed by atoms with Crippen LogP contribution in [-0.4, -0.2) is 54.9 Å². The molecule has 17 heavy (non-hydrogen) atoms. The normalized spacial score (nSPS) is 17.0. The van der Waals surface area contributed by atoms with Gasteiger partial charge in [-0.05, 0) is 18.5 Å². The van der Waals surface area contributed by atoms with Gasteiger partial charge in [0.25, 0.3) is 5.91 Å². The molecule has 1 aromatic heterocycles. The van der Waals surface area contributed by atoms with E-state index in [1.807, 2.05) is 0 Å². The second-order valence-corrected chi connectivity index (χ2v) is 4.81. The lowest BCUT2D eigenvalue weighted by Gasteiger charge is -2.23. The molecule has 6 nitrogen and oxygen atoms in total. The Labute approximate surface area is 104 Å². The average molecular weight is 257 g/mol. The van der Waals surface area contributed by atoms with Gasteiger partial charge in [-0.2, -0.15) is 0 Å². The van der Waals surface area contributed by atoms with Gasteiger partial charge in [-0.25, -0.2) is 0 Å². The Morgan fingerprint density at radius 1 is 1.53 bits per heavy atom. The number of ether oxygens (including phenoxy) is 1. The van der Waals surface area contributed by atoms with Crippen LogP contribution in [0.2, 0.25) is 0 Å². The fraction of sp³-hybridized carbons (Fsp3) is 0.700. The summed E-state index contributed by atoms with van der Waals surface area (Å²) in [5.41, 5.74) is 0.700. The van der Waals surface area contributed by atoms with E-state index in [9.17, 15) is 4.79 Å². The van der Waals surface area contributed by atoms with Crippen molar-refractivity contribution in [1.29, 1.82) is 0 Å². The molecule has 2 N–H and O–H groups in total. The van der Waals surface area contributed by atoms with Crippen molar-refractivity contribution in [2.75, 3.05) is 39.4 Å². The van der Waals surface area contributed by atoms with E-state index in [4.69, 9.17) is 4.74 Å². The number of aryl methyl sites for hydroxylation is 1. The van der Waals surface area contributed by atoms with Crippen molar-refractivity contribution in [2.24, 2.45) is 0 Å². The fourth-order valence-corrected chi connectivity index (χ4v) is 2.36. The number of amides is 1. The summed E-state index contributed by atoms with van der Waals surface area (Å²) in [6, 6.07) is 0. The number of hydrogen-bond acceptors (Lipinski definition) is 5. The molecule has 0 spiro atoms. The third-order valence-electron chi connectivity index (χ3n) is 2.82. The summed E-state index contributed by atoms with van der Waals surface area (Å²) < 4.78 is 9.03. The number of morpholine rings is 1. The van der Waals surface area contributed by atoms with E-state index in [0.29, 0.717) is 17.1 Å². The van der Waals surface area contributed by atoms with Crippen molar-refractivity contribution in [1.82, 2.24) is 14.9 Å². The minimum Gasteiger partial charge on any atom is -0.370 e. The van der Waals surface area contributed by atoms with Crippen molar-refractivity contribution in [3.05, 3.63) is 10.6 Å². The summed E-state index contributed by atoms with van der Waals surface area (Å²) in [5, 5.41) is 6.72. The number of carbonyl (C=O) groups excluding carboxylic acids is 1. The number of rotatable bonds is 4. The maximum Gasteiger partial charge on any atom is 0.265 e. The predicted molar refractivity (Wildman–Crippen MR) is 63.4 cm³/mol. The monoisotopic (exact) mass is 257 g/mol. The molecule has 94 valence electrons. The SMILES string of the molecule is Cc1nnsc1C(=O)NCC[NH+]1CCOCC1. The van der Waals surface area contributed by atoms with Gasteiger partial charge >= 0.3 is 0 Å². The standard InChI is InChI=1S/C10H16N4O2S/c1-8-9(17-13-12-8)10(15)11-2-3-14-4-6-16-7-5-14/h2-7H2,1H3,(H,11,15)/p+1. The highest BCUT2D eigenvalue weighted by Crippen LogP contribution is 2.07. The lowest BCUT2D eigenvalue weighted by Crippen LogP contribution is -3.14. The van der Waals surface area contributed by atoms with Gasteiger partial charge in [-0.1, -0.05) is 4.49 Å². The molecule has 1 aromatic rings. The third kappa shape index (κ3) is 3.45. The quantitative estimate of drug-likeness (QED) is 0.688. The lowest BCUT2D eigenvalue weighted by molar-refractivity contribution is -0.906. The van der Waals surface area contributed by atoms with Gasteiger partial charge in [0.05, 0.1) is 32.0 Å². The molecule has 0 aliphatic carbocycles. The number of hydrogen-bond donors (Lipinski definition) is 2. The molecule has 2 heterocycles. The van der Waals surface area contributed by atoms with Crippen LogP contribution in [0.25, 0.3) is 0 Å². The van der Waals surface area contributed by atoms with Crippen LogP contribution in [0.15, 0.2) is 0 Å². The average Bonchev–Trinajstić information content (AvgIpc) is 2.77. The molecule has 0 aromatic carbocycles. The van der Waals surface area contributed by atoms with E-state index >= 15 is 0 Å². The Kier molecular flexibility index (Phi) is 4.41. The van der Waals surface area contributed by atoms with E-state index < -0.39 is 0 Å². The van der Waals surface area contributed by atoms with Gasteiger partial charge in [0, 0.05) is 0 Å². The van der Waals surface area contributed by atoms with E-state index in [1.165, 1.54) is 4.90 Å². The van der Waals surface area contributed by atoms with Crippen LogP contribution < -0.4 is 10.2 Å². The molecule has 7 heteroatoms. The first-order chi connectivity index (χ1) is 8.27. The largest absolute Gasteiger partial charge is 0.370 e. The fourth-order valence-electron chi connectivity index (χ4n) is 1.78. The van der Waals surface area contributed by atoms with Crippen molar-refractivity contribution >= 4 is 17.4 Å². The van der Waals surface area contributed by atoms with Crippen LogP contribution in [-0.2, 0) is 4.74 Å². The molecular formula is C10H17N4O2S+. The summed E-state index contributed by atoms with van der Waals surface area (Å²) >= 11 is 1.14. The van der Waals surface area contributed by atoms with Crippen LogP contribution in [0.3, 0.4) is 0 Å². The zero-order valence-corrected chi connectivity index (χ0v) is 10.7. The van der Waals surface area contributed by atoms with Crippen LogP contribution in [0.5, 0.6) is 0 Å². The van der Waals surface area contributed by atoms with Gasteiger partial charge in [-0.3, -0.25) is 4.79 Å². The Bertz CT molecular complexity index is 376. The van der Waals surface area contributed by atoms with E-state index in [0.717, 1.165) is 44.4 Å². The molecule has 0 unspecified atom stereocenters. The molecule has 2 rings (SSSR count). The van der Waals surface area contributed by atoms with Gasteiger partial charge in [0.15, 0.2) is 0 Å². The minimum atomic E-state index is -0.0647. The summed E-state index contributed by atoms with van der Waals surface area (Å²) in [6.07, 6.45) is 0. The number of nitrogens with zero attached hydrogens (tertiary/aromatic N) is 2. The molecule has 0 radical (unpaired) electrons. The lowest BCUT2D eigenvalue weighted by atomic mass is 10.3. The van der Waals surface area contributed by atoms with Gasteiger partial charge < -0.3 is 15.0 Å². The molecule has 1 saturated heterocycles. The van der Waals surface area contributed by atoms with Crippen molar-refractivity contribution < 1.29 is 14.4 Å². The first-order valence-electron chi connectivity index (χ1n) is 5.76. The summed E-state index contributed by atoms with van der Waals surface area (Å²) in [5.74, 6) is -0.0647. The Morgan fingerprint density at radius 2 is 2.29 bits per heavy atom. The zero-order valence-electron chi connectivity index (χ0n) is 9.86. The second-order valence-electron chi connectivity index (χ2n) is 4.06. The predicted octanol–water partition coefficient (Wildman–Crippen LogP) is -1.51. The Hall–Kier alpha value is -1.05. The Morgan fingerprint density at radius 3 is 2.94 bits per heavy atom. The van der Waals surface area contributed by atoms with Crippen LogP contribution in [0, 0.1) is 6.92 Å². The number of aromatic nitrogens is 2. The maximum absolute atomic E-state index is 11.8. The van der Waals surface area contributed by atoms with Crippen LogP contribution in [0.1, 0.15) is 15.4 Å². The van der Waals surface area contributed by atoms with E-state index in [1.54, 1.807) is 6.92 Å². The van der Waals surface area contributed by atoms with E-state index in [-0.39, 0.29) is 5.91 Å². The van der Waals surface area contributed by atoms with Crippen LogP contribution >= 0.6 is 11.5 Å². The molecule has 0 saturated carbocycles. The molecular weight excluding hydrogens is 240 g/mol. The van der Waals surface area contributed by atoms with Crippen molar-refractivity contribution in [3.63, 3.8) is 0 Å². The molecule has 1 amide bonds. The number of nitrogens with one attached hydrogen (secondary N) is 2. The van der Waals surface area contributed by atoms with Gasteiger partial charge in [-0.15, -0.1) is 5.10 Å². The summed E-state index contributed by atoms with van der Waals surface area (Å²) in [6.45, 7) is 7.12. The van der Waals surface area contributed by atoms with Crippen molar-refractivity contribution in [3.8, 4) is 0 Å². The molecule has 0 atom stereocenters. The molecule has 1 aliphatic rings. The number of quaternary nitrogens is 1. The van der Waals surface area contributed by atoms with Crippen LogP contribution in [0.4, 0.5) is 0 Å². The molecule has 1 aliphatic heterocycles. The van der Waals surface area contributed by atoms with Gasteiger partial charge in [0.2, 0.25) is 0 Å². The maximum atomic E-state index is 11.8. The highest BCUT2D eigenvalue weighted by atomic mass is 32.1. The van der Waals surface area contributed by atoms with Gasteiger partial charge in [0.1, 0.15) is 18.0 Å². The molecule has 0 bridgehead atoms. The Balaban J connectivity index is 1.71. The number of carbonyl (C=O) groups is 1. The summed E-state index contributed by atoms with van der Waals surface area (Å²) in [7, 11) is 0. The highest BCUT2D eigenvalue weighted by molar-refractivity contribution is 7.07. The van der Waals surface area contributed by atoms with E-state index in [2.05, 4.69) is 14.9 Å².